The van der Waals surface area contributed by atoms with Gasteiger partial charge in [-0.05, 0) is 17.5 Å². The fraction of sp³-hybridized carbons (Fsp3) is 0.267. The van der Waals surface area contributed by atoms with E-state index < -0.39 is 5.97 Å². The number of hydrogen-bond acceptors (Lipinski definition) is 3. The third-order valence-electron chi connectivity index (χ3n) is 3.59. The second kappa shape index (κ2) is 4.90. The van der Waals surface area contributed by atoms with Gasteiger partial charge in [-0.25, -0.2) is 4.79 Å². The zero-order valence-corrected chi connectivity index (χ0v) is 10.6. The van der Waals surface area contributed by atoms with E-state index >= 15 is 0 Å². The molecule has 0 atom stereocenters. The van der Waals surface area contributed by atoms with Crippen molar-refractivity contribution in [3.05, 3.63) is 42.0 Å². The van der Waals surface area contributed by atoms with Crippen LogP contribution in [0.25, 0.3) is 10.8 Å². The lowest BCUT2D eigenvalue weighted by Gasteiger charge is -2.30. The summed E-state index contributed by atoms with van der Waals surface area (Å²) in [6, 6.07) is 11.4. The van der Waals surface area contributed by atoms with Crippen molar-refractivity contribution in [3.63, 3.8) is 0 Å². The quantitative estimate of drug-likeness (QED) is 0.862. The lowest BCUT2D eigenvalue weighted by Crippen LogP contribution is -2.43. The Bertz CT molecular complexity index is 619. The zero-order valence-electron chi connectivity index (χ0n) is 10.6. The normalized spacial score (nSPS) is 15.7. The molecule has 3 rings (SSSR count). The number of nitrogens with zero attached hydrogens (tertiary/aromatic N) is 1. The molecule has 0 aliphatic carbocycles. The Morgan fingerprint density at radius 2 is 1.74 bits per heavy atom. The van der Waals surface area contributed by atoms with Crippen molar-refractivity contribution in [2.24, 2.45) is 0 Å². The maximum atomic E-state index is 11.3. The number of benzene rings is 2. The number of nitrogens with one attached hydrogen (secondary N) is 1. The molecule has 1 heterocycles. The monoisotopic (exact) mass is 256 g/mol. The van der Waals surface area contributed by atoms with E-state index in [1.807, 2.05) is 24.3 Å². The van der Waals surface area contributed by atoms with E-state index in [4.69, 9.17) is 0 Å². The summed E-state index contributed by atoms with van der Waals surface area (Å²) in [4.78, 5) is 13.6. The molecule has 2 aromatic rings. The van der Waals surface area contributed by atoms with Gasteiger partial charge in [0.05, 0.1) is 5.56 Å². The molecule has 0 spiro atoms. The summed E-state index contributed by atoms with van der Waals surface area (Å²) in [6.07, 6.45) is 0. The summed E-state index contributed by atoms with van der Waals surface area (Å²) < 4.78 is 0. The molecule has 4 heteroatoms. The maximum Gasteiger partial charge on any atom is 0.336 e. The first-order valence-corrected chi connectivity index (χ1v) is 6.48. The van der Waals surface area contributed by atoms with Crippen LogP contribution in [-0.4, -0.2) is 37.3 Å². The van der Waals surface area contributed by atoms with Gasteiger partial charge in [0.1, 0.15) is 0 Å². The van der Waals surface area contributed by atoms with Gasteiger partial charge in [-0.15, -0.1) is 0 Å². The van der Waals surface area contributed by atoms with Gasteiger partial charge >= 0.3 is 5.97 Å². The molecule has 0 saturated carbocycles. The predicted octanol–water partition coefficient (Wildman–Crippen LogP) is 1.95. The van der Waals surface area contributed by atoms with Crippen LogP contribution >= 0.6 is 0 Å². The number of hydrogen-bond donors (Lipinski definition) is 2. The van der Waals surface area contributed by atoms with Gasteiger partial charge in [0.25, 0.3) is 0 Å². The highest BCUT2D eigenvalue weighted by molar-refractivity contribution is 6.07. The number of aromatic carboxylic acids is 1. The Kier molecular flexibility index (Phi) is 3.09. The van der Waals surface area contributed by atoms with Gasteiger partial charge in [0.15, 0.2) is 0 Å². The van der Waals surface area contributed by atoms with Crippen LogP contribution in [0.2, 0.25) is 0 Å². The first kappa shape index (κ1) is 12.0. The number of carbonyl (C=O) groups is 1. The van der Waals surface area contributed by atoms with Crippen LogP contribution in [0.5, 0.6) is 0 Å². The molecule has 0 radical (unpaired) electrons. The zero-order chi connectivity index (χ0) is 13.2. The molecule has 1 saturated heterocycles. The van der Waals surface area contributed by atoms with Crippen molar-refractivity contribution < 1.29 is 9.90 Å². The smallest absolute Gasteiger partial charge is 0.336 e. The van der Waals surface area contributed by atoms with E-state index in [9.17, 15) is 9.90 Å². The van der Waals surface area contributed by atoms with E-state index in [-0.39, 0.29) is 0 Å². The average molecular weight is 256 g/mol. The molecule has 0 amide bonds. The molecule has 1 aliphatic rings. The Balaban J connectivity index is 2.15. The van der Waals surface area contributed by atoms with Crippen molar-refractivity contribution in [2.45, 2.75) is 0 Å². The van der Waals surface area contributed by atoms with Crippen molar-refractivity contribution in [3.8, 4) is 0 Å². The molecule has 19 heavy (non-hydrogen) atoms. The lowest BCUT2D eigenvalue weighted by molar-refractivity contribution is 0.0699. The predicted molar refractivity (Wildman–Crippen MR) is 76.0 cm³/mol. The lowest BCUT2D eigenvalue weighted by atomic mass is 10.0. The summed E-state index contributed by atoms with van der Waals surface area (Å²) in [6.45, 7) is 3.84. The highest BCUT2D eigenvalue weighted by Gasteiger charge is 2.15. The van der Waals surface area contributed by atoms with Crippen molar-refractivity contribution in [1.29, 1.82) is 0 Å². The number of carboxylic acid groups (broad SMARTS) is 1. The minimum atomic E-state index is -0.872. The highest BCUT2D eigenvalue weighted by Crippen LogP contribution is 2.29. The van der Waals surface area contributed by atoms with Crippen LogP contribution in [0.4, 0.5) is 5.69 Å². The number of rotatable bonds is 2. The molecule has 1 fully saturated rings. The largest absolute Gasteiger partial charge is 0.478 e. The van der Waals surface area contributed by atoms with Crippen LogP contribution in [0.3, 0.4) is 0 Å². The van der Waals surface area contributed by atoms with Gasteiger partial charge in [0, 0.05) is 37.3 Å². The first-order chi connectivity index (χ1) is 9.27. The van der Waals surface area contributed by atoms with Gasteiger partial charge in [-0.3, -0.25) is 0 Å². The Hall–Kier alpha value is -2.07. The Morgan fingerprint density at radius 3 is 2.47 bits per heavy atom. The Morgan fingerprint density at radius 1 is 1.05 bits per heavy atom. The second-order valence-electron chi connectivity index (χ2n) is 4.72. The van der Waals surface area contributed by atoms with Gasteiger partial charge in [-0.1, -0.05) is 24.3 Å². The SMILES string of the molecule is O=C(O)c1cccc2c(N3CCNCC3)cccc12. The molecular formula is C15H16N2O2. The summed E-state index contributed by atoms with van der Waals surface area (Å²) >= 11 is 0. The van der Waals surface area contributed by atoms with E-state index in [1.165, 1.54) is 0 Å². The Labute approximate surface area is 111 Å². The number of fused-ring (bicyclic) bond motifs is 1. The van der Waals surface area contributed by atoms with E-state index in [2.05, 4.69) is 16.3 Å². The summed E-state index contributed by atoms with van der Waals surface area (Å²) in [5.41, 5.74) is 1.50. The first-order valence-electron chi connectivity index (χ1n) is 6.48. The molecule has 0 unspecified atom stereocenters. The average Bonchev–Trinajstić information content (AvgIpc) is 2.46. The highest BCUT2D eigenvalue weighted by atomic mass is 16.4. The molecule has 98 valence electrons. The van der Waals surface area contributed by atoms with E-state index in [0.29, 0.717) is 5.56 Å². The fourth-order valence-electron chi connectivity index (χ4n) is 2.66. The molecule has 2 N–H and O–H groups in total. The van der Waals surface area contributed by atoms with Crippen LogP contribution < -0.4 is 10.2 Å². The second-order valence-corrected chi connectivity index (χ2v) is 4.72. The van der Waals surface area contributed by atoms with Crippen molar-refractivity contribution in [1.82, 2.24) is 5.32 Å². The summed E-state index contributed by atoms with van der Waals surface area (Å²) in [5.74, 6) is -0.872. The van der Waals surface area contributed by atoms with Crippen LogP contribution in [-0.2, 0) is 0 Å². The number of anilines is 1. The van der Waals surface area contributed by atoms with Crippen LogP contribution in [0.15, 0.2) is 36.4 Å². The molecule has 2 aromatic carbocycles. The minimum absolute atomic E-state index is 0.370. The molecule has 4 nitrogen and oxygen atoms in total. The van der Waals surface area contributed by atoms with Crippen molar-refractivity contribution in [2.75, 3.05) is 31.1 Å². The van der Waals surface area contributed by atoms with E-state index in [1.54, 1.807) is 6.07 Å². The third kappa shape index (κ3) is 2.15. The van der Waals surface area contributed by atoms with Crippen LogP contribution in [0, 0.1) is 0 Å². The third-order valence-corrected chi connectivity index (χ3v) is 3.59. The molecule has 0 bridgehead atoms. The number of piperazine rings is 1. The van der Waals surface area contributed by atoms with Gasteiger partial charge < -0.3 is 15.3 Å². The van der Waals surface area contributed by atoms with Gasteiger partial charge in [0.2, 0.25) is 0 Å². The molecule has 1 aliphatic heterocycles. The minimum Gasteiger partial charge on any atom is -0.478 e. The topological polar surface area (TPSA) is 52.6 Å². The molecular weight excluding hydrogens is 240 g/mol. The number of carboxylic acids is 1. The standard InChI is InChI=1S/C15H16N2O2/c18-15(19)13-5-1-4-12-11(13)3-2-6-14(12)17-9-7-16-8-10-17/h1-6,16H,7-10H2,(H,18,19). The van der Waals surface area contributed by atoms with Gasteiger partial charge in [-0.2, -0.15) is 0 Å². The summed E-state index contributed by atoms with van der Waals surface area (Å²) in [5, 5.41) is 14.4. The van der Waals surface area contributed by atoms with E-state index in [0.717, 1.165) is 42.6 Å². The molecule has 0 aromatic heterocycles. The summed E-state index contributed by atoms with van der Waals surface area (Å²) in [7, 11) is 0. The fourth-order valence-corrected chi connectivity index (χ4v) is 2.66. The maximum absolute atomic E-state index is 11.3. The van der Waals surface area contributed by atoms with Crippen molar-refractivity contribution >= 4 is 22.4 Å². The van der Waals surface area contributed by atoms with Crippen LogP contribution in [0.1, 0.15) is 10.4 Å².